The summed E-state index contributed by atoms with van der Waals surface area (Å²) in [6.45, 7) is 2.70. The molecule has 0 bridgehead atoms. The first kappa shape index (κ1) is 17.1. The van der Waals surface area contributed by atoms with Gasteiger partial charge in [-0.1, -0.05) is 6.92 Å². The van der Waals surface area contributed by atoms with Gasteiger partial charge in [0.25, 0.3) is 5.91 Å². The predicted octanol–water partition coefficient (Wildman–Crippen LogP) is 0.722. The van der Waals surface area contributed by atoms with Crippen molar-refractivity contribution in [2.45, 2.75) is 19.8 Å². The number of aliphatic hydroxyl groups excluding tert-OH is 1. The summed E-state index contributed by atoms with van der Waals surface area (Å²) < 4.78 is 0. The van der Waals surface area contributed by atoms with Crippen LogP contribution in [0.2, 0.25) is 0 Å². The average Bonchev–Trinajstić information content (AvgIpc) is 2.50. The molecule has 1 aromatic carbocycles. The quantitative estimate of drug-likeness (QED) is 0.567. The van der Waals surface area contributed by atoms with E-state index in [1.165, 1.54) is 0 Å². The number of hydrogen-bond acceptors (Lipinski definition) is 4. The van der Waals surface area contributed by atoms with Crippen LogP contribution in [0.4, 0.5) is 5.69 Å². The molecule has 1 unspecified atom stereocenters. The summed E-state index contributed by atoms with van der Waals surface area (Å²) in [6, 6.07) is 6.62. The third kappa shape index (κ3) is 6.37. The second-order valence-corrected chi connectivity index (χ2v) is 4.98. The van der Waals surface area contributed by atoms with Gasteiger partial charge >= 0.3 is 0 Å². The number of carbonyl (C=O) groups is 2. The molecule has 0 aromatic heterocycles. The van der Waals surface area contributed by atoms with E-state index in [4.69, 9.17) is 10.8 Å². The van der Waals surface area contributed by atoms with Crippen LogP contribution in [-0.2, 0) is 4.79 Å². The predicted molar refractivity (Wildman–Crippen MR) is 81.9 cm³/mol. The minimum atomic E-state index is -0.251. The van der Waals surface area contributed by atoms with Gasteiger partial charge in [-0.3, -0.25) is 9.59 Å². The second kappa shape index (κ2) is 9.10. The van der Waals surface area contributed by atoms with Gasteiger partial charge in [0.1, 0.15) is 0 Å². The molecule has 0 heterocycles. The molecule has 0 fully saturated rings. The zero-order chi connectivity index (χ0) is 15.7. The molecule has 1 atom stereocenters. The SMILES string of the molecule is CC(CN)CCC(=O)Nc1ccc(C(=O)NCCO)cc1. The Morgan fingerprint density at radius 1 is 1.29 bits per heavy atom. The molecule has 1 rings (SSSR count). The van der Waals surface area contributed by atoms with E-state index >= 15 is 0 Å². The van der Waals surface area contributed by atoms with E-state index < -0.39 is 0 Å². The van der Waals surface area contributed by atoms with Crippen LogP contribution in [0.5, 0.6) is 0 Å². The molecule has 0 aliphatic heterocycles. The Hall–Kier alpha value is -1.92. The topological polar surface area (TPSA) is 104 Å². The standard InChI is InChI=1S/C15H23N3O3/c1-11(10-16)2-7-14(20)18-13-5-3-12(4-6-13)15(21)17-8-9-19/h3-6,11,19H,2,7-10,16H2,1H3,(H,17,21)(H,18,20). The summed E-state index contributed by atoms with van der Waals surface area (Å²) in [5.74, 6) is 0.0137. The molecule has 0 aliphatic carbocycles. The van der Waals surface area contributed by atoms with Gasteiger partial charge in [-0.15, -0.1) is 0 Å². The van der Waals surface area contributed by atoms with E-state index in [0.717, 1.165) is 6.42 Å². The average molecular weight is 293 g/mol. The zero-order valence-corrected chi connectivity index (χ0v) is 12.3. The van der Waals surface area contributed by atoms with E-state index in [0.29, 0.717) is 30.1 Å². The smallest absolute Gasteiger partial charge is 0.251 e. The summed E-state index contributed by atoms with van der Waals surface area (Å²) in [7, 11) is 0. The van der Waals surface area contributed by atoms with Crippen LogP contribution in [-0.4, -0.2) is 36.6 Å². The molecule has 2 amide bonds. The second-order valence-electron chi connectivity index (χ2n) is 4.98. The first-order chi connectivity index (χ1) is 10.1. The number of rotatable bonds is 8. The van der Waals surface area contributed by atoms with Crippen molar-refractivity contribution >= 4 is 17.5 Å². The van der Waals surface area contributed by atoms with E-state index in [1.54, 1.807) is 24.3 Å². The monoisotopic (exact) mass is 293 g/mol. The molecule has 0 saturated heterocycles. The maximum atomic E-state index is 11.7. The Labute approximate surface area is 124 Å². The van der Waals surface area contributed by atoms with Crippen LogP contribution in [0.25, 0.3) is 0 Å². The van der Waals surface area contributed by atoms with Crippen molar-refractivity contribution in [3.8, 4) is 0 Å². The van der Waals surface area contributed by atoms with Gasteiger partial charge in [0.05, 0.1) is 6.61 Å². The summed E-state index contributed by atoms with van der Waals surface area (Å²) in [4.78, 5) is 23.4. The Balaban J connectivity index is 2.47. The van der Waals surface area contributed by atoms with Gasteiger partial charge in [-0.05, 0) is 43.1 Å². The van der Waals surface area contributed by atoms with E-state index in [9.17, 15) is 9.59 Å². The number of aliphatic hydroxyl groups is 1. The third-order valence-corrected chi connectivity index (χ3v) is 3.09. The molecule has 0 spiro atoms. The lowest BCUT2D eigenvalue weighted by Crippen LogP contribution is -2.26. The van der Waals surface area contributed by atoms with Gasteiger partial charge in [0.2, 0.25) is 5.91 Å². The molecular weight excluding hydrogens is 270 g/mol. The van der Waals surface area contributed by atoms with Crippen molar-refractivity contribution in [3.63, 3.8) is 0 Å². The molecule has 6 nitrogen and oxygen atoms in total. The Morgan fingerprint density at radius 2 is 1.95 bits per heavy atom. The van der Waals surface area contributed by atoms with Gasteiger partial charge < -0.3 is 21.5 Å². The lowest BCUT2D eigenvalue weighted by molar-refractivity contribution is -0.116. The van der Waals surface area contributed by atoms with Crippen molar-refractivity contribution < 1.29 is 14.7 Å². The number of amides is 2. The highest BCUT2D eigenvalue weighted by atomic mass is 16.3. The molecule has 116 valence electrons. The number of nitrogens with one attached hydrogen (secondary N) is 2. The number of nitrogens with two attached hydrogens (primary N) is 1. The zero-order valence-electron chi connectivity index (χ0n) is 12.3. The maximum absolute atomic E-state index is 11.7. The maximum Gasteiger partial charge on any atom is 0.251 e. The summed E-state index contributed by atoms with van der Waals surface area (Å²) in [6.07, 6.45) is 1.18. The molecular formula is C15H23N3O3. The van der Waals surface area contributed by atoms with Gasteiger partial charge in [-0.25, -0.2) is 0 Å². The van der Waals surface area contributed by atoms with Crippen molar-refractivity contribution in [3.05, 3.63) is 29.8 Å². The minimum Gasteiger partial charge on any atom is -0.395 e. The summed E-state index contributed by atoms with van der Waals surface area (Å²) in [5.41, 5.74) is 6.64. The fourth-order valence-corrected chi connectivity index (χ4v) is 1.70. The lowest BCUT2D eigenvalue weighted by Gasteiger charge is -2.09. The number of anilines is 1. The van der Waals surface area contributed by atoms with Crippen LogP contribution >= 0.6 is 0 Å². The number of benzene rings is 1. The van der Waals surface area contributed by atoms with Crippen LogP contribution < -0.4 is 16.4 Å². The van der Waals surface area contributed by atoms with Crippen LogP contribution in [0.15, 0.2) is 24.3 Å². The summed E-state index contributed by atoms with van der Waals surface area (Å²) >= 11 is 0. The summed E-state index contributed by atoms with van der Waals surface area (Å²) in [5, 5.41) is 14.0. The van der Waals surface area contributed by atoms with Gasteiger partial charge in [0, 0.05) is 24.2 Å². The largest absolute Gasteiger partial charge is 0.395 e. The molecule has 5 N–H and O–H groups in total. The van der Waals surface area contributed by atoms with E-state index in [1.807, 2.05) is 6.92 Å². The van der Waals surface area contributed by atoms with E-state index in [-0.39, 0.29) is 25.0 Å². The Morgan fingerprint density at radius 3 is 2.52 bits per heavy atom. The fraction of sp³-hybridized carbons (Fsp3) is 0.467. The molecule has 0 aliphatic rings. The van der Waals surface area contributed by atoms with Gasteiger partial charge in [0.15, 0.2) is 0 Å². The molecule has 21 heavy (non-hydrogen) atoms. The highest BCUT2D eigenvalue weighted by Crippen LogP contribution is 2.11. The van der Waals surface area contributed by atoms with Gasteiger partial charge in [-0.2, -0.15) is 0 Å². The van der Waals surface area contributed by atoms with E-state index in [2.05, 4.69) is 10.6 Å². The number of hydrogen-bond donors (Lipinski definition) is 4. The molecule has 1 aromatic rings. The van der Waals surface area contributed by atoms with Crippen LogP contribution in [0.3, 0.4) is 0 Å². The van der Waals surface area contributed by atoms with Crippen LogP contribution in [0.1, 0.15) is 30.1 Å². The third-order valence-electron chi connectivity index (χ3n) is 3.09. The number of carbonyl (C=O) groups excluding carboxylic acids is 2. The Kier molecular flexibility index (Phi) is 7.42. The normalized spacial score (nSPS) is 11.8. The highest BCUT2D eigenvalue weighted by molar-refractivity contribution is 5.95. The molecule has 0 saturated carbocycles. The van der Waals surface area contributed by atoms with Crippen LogP contribution in [0, 0.1) is 5.92 Å². The molecule has 0 radical (unpaired) electrons. The highest BCUT2D eigenvalue weighted by Gasteiger charge is 2.07. The van der Waals surface area contributed by atoms with Crippen molar-refractivity contribution in [1.29, 1.82) is 0 Å². The lowest BCUT2D eigenvalue weighted by atomic mass is 10.1. The minimum absolute atomic E-state index is 0.0622. The van der Waals surface area contributed by atoms with Crippen molar-refractivity contribution in [2.75, 3.05) is 25.0 Å². The Bertz CT molecular complexity index is 460. The first-order valence-corrected chi connectivity index (χ1v) is 7.06. The molecule has 6 heteroatoms. The first-order valence-electron chi connectivity index (χ1n) is 7.06. The fourth-order valence-electron chi connectivity index (χ4n) is 1.70. The van der Waals surface area contributed by atoms with Crippen molar-refractivity contribution in [1.82, 2.24) is 5.32 Å². The van der Waals surface area contributed by atoms with Crippen molar-refractivity contribution in [2.24, 2.45) is 11.7 Å².